The first-order chi connectivity index (χ1) is 8.67. The van der Waals surface area contributed by atoms with Crippen molar-refractivity contribution in [2.75, 3.05) is 27.2 Å². The summed E-state index contributed by atoms with van der Waals surface area (Å²) in [5.41, 5.74) is 2.15. The highest BCUT2D eigenvalue weighted by Crippen LogP contribution is 2.28. The van der Waals surface area contributed by atoms with E-state index < -0.39 is 0 Å². The minimum absolute atomic E-state index is 0.104. The molecule has 0 radical (unpaired) electrons. The Labute approximate surface area is 108 Å². The number of likely N-dealkylation sites (N-methyl/N-ethyl adjacent to an activating group) is 1. The first kappa shape index (κ1) is 12.9. The third kappa shape index (κ3) is 2.34. The van der Waals surface area contributed by atoms with Gasteiger partial charge < -0.3 is 15.0 Å². The van der Waals surface area contributed by atoms with Crippen molar-refractivity contribution in [2.45, 2.75) is 19.4 Å². The molecular weight excluding hydrogens is 228 g/mol. The third-order valence-corrected chi connectivity index (χ3v) is 3.43. The zero-order valence-electron chi connectivity index (χ0n) is 11.2. The second-order valence-corrected chi connectivity index (χ2v) is 4.58. The predicted octanol–water partition coefficient (Wildman–Crippen LogP) is 1.36. The molecule has 0 aromatic heterocycles. The lowest BCUT2D eigenvalue weighted by Gasteiger charge is -2.31. The van der Waals surface area contributed by atoms with Crippen molar-refractivity contribution in [3.8, 4) is 5.75 Å². The van der Waals surface area contributed by atoms with Crippen molar-refractivity contribution in [2.24, 2.45) is 0 Å². The van der Waals surface area contributed by atoms with Gasteiger partial charge in [-0.3, -0.25) is 4.79 Å². The molecule has 0 saturated carbocycles. The quantitative estimate of drug-likeness (QED) is 0.878. The third-order valence-electron chi connectivity index (χ3n) is 3.43. The molecule has 18 heavy (non-hydrogen) atoms. The van der Waals surface area contributed by atoms with Crippen molar-refractivity contribution in [3.05, 3.63) is 29.3 Å². The number of hydrogen-bond donors (Lipinski definition) is 1. The average molecular weight is 248 g/mol. The van der Waals surface area contributed by atoms with Gasteiger partial charge in [-0.2, -0.15) is 0 Å². The van der Waals surface area contributed by atoms with Gasteiger partial charge in [-0.15, -0.1) is 0 Å². The Kier molecular flexibility index (Phi) is 3.87. The standard InChI is InChI=1S/C14H20N2O2/c1-4-10-5-6-12(18-3)11(9-10)13-14(17)16(2)8-7-15-13/h5-6,9,13,15H,4,7-8H2,1-3H3. The minimum atomic E-state index is -0.287. The molecule has 0 aliphatic carbocycles. The number of carbonyl (C=O) groups excluding carboxylic acids is 1. The van der Waals surface area contributed by atoms with Crippen LogP contribution in [0.15, 0.2) is 18.2 Å². The Morgan fingerprint density at radius 2 is 2.28 bits per heavy atom. The number of rotatable bonds is 3. The summed E-state index contributed by atoms with van der Waals surface area (Å²) in [4.78, 5) is 14.0. The molecular formula is C14H20N2O2. The van der Waals surface area contributed by atoms with Crippen LogP contribution in [0.25, 0.3) is 0 Å². The summed E-state index contributed by atoms with van der Waals surface area (Å²) in [6.45, 7) is 3.67. The molecule has 1 aromatic rings. The van der Waals surface area contributed by atoms with Crippen LogP contribution in [0.5, 0.6) is 5.75 Å². The summed E-state index contributed by atoms with van der Waals surface area (Å²) in [7, 11) is 3.48. The van der Waals surface area contributed by atoms with E-state index in [0.717, 1.165) is 30.8 Å². The van der Waals surface area contributed by atoms with Crippen LogP contribution < -0.4 is 10.1 Å². The number of benzene rings is 1. The van der Waals surface area contributed by atoms with E-state index >= 15 is 0 Å². The maximum absolute atomic E-state index is 12.2. The molecule has 0 spiro atoms. The molecule has 1 atom stereocenters. The highest BCUT2D eigenvalue weighted by molar-refractivity contribution is 5.84. The van der Waals surface area contributed by atoms with Crippen LogP contribution in [-0.2, 0) is 11.2 Å². The fourth-order valence-corrected chi connectivity index (χ4v) is 2.27. The molecule has 98 valence electrons. The normalized spacial score (nSPS) is 20.1. The van der Waals surface area contributed by atoms with Gasteiger partial charge in [0.25, 0.3) is 0 Å². The SMILES string of the molecule is CCc1ccc(OC)c(C2NCCN(C)C2=O)c1. The fraction of sp³-hybridized carbons (Fsp3) is 0.500. The Balaban J connectivity index is 2.38. The molecule has 1 aromatic carbocycles. The lowest BCUT2D eigenvalue weighted by atomic mass is 9.99. The number of amides is 1. The average Bonchev–Trinajstić information content (AvgIpc) is 2.41. The van der Waals surface area contributed by atoms with Crippen LogP contribution in [-0.4, -0.2) is 38.1 Å². The van der Waals surface area contributed by atoms with Crippen molar-refractivity contribution in [1.82, 2.24) is 10.2 Å². The van der Waals surface area contributed by atoms with Crippen molar-refractivity contribution < 1.29 is 9.53 Å². The number of nitrogens with zero attached hydrogens (tertiary/aromatic N) is 1. The highest BCUT2D eigenvalue weighted by atomic mass is 16.5. The topological polar surface area (TPSA) is 41.6 Å². The van der Waals surface area contributed by atoms with Gasteiger partial charge in [-0.1, -0.05) is 19.1 Å². The molecule has 1 unspecified atom stereocenters. The second kappa shape index (κ2) is 5.40. The van der Waals surface area contributed by atoms with Crippen LogP contribution in [0, 0.1) is 0 Å². The Morgan fingerprint density at radius 1 is 1.50 bits per heavy atom. The minimum Gasteiger partial charge on any atom is -0.496 e. The van der Waals surface area contributed by atoms with E-state index in [9.17, 15) is 4.79 Å². The lowest BCUT2D eigenvalue weighted by Crippen LogP contribution is -2.48. The summed E-state index contributed by atoms with van der Waals surface area (Å²) >= 11 is 0. The Bertz CT molecular complexity index is 445. The Morgan fingerprint density at radius 3 is 2.94 bits per heavy atom. The molecule has 2 rings (SSSR count). The lowest BCUT2D eigenvalue weighted by molar-refractivity contribution is -0.134. The summed E-state index contributed by atoms with van der Waals surface area (Å²) in [6, 6.07) is 5.76. The van der Waals surface area contributed by atoms with E-state index in [0.29, 0.717) is 0 Å². The maximum atomic E-state index is 12.2. The van der Waals surface area contributed by atoms with Gasteiger partial charge >= 0.3 is 0 Å². The molecule has 1 heterocycles. The number of aryl methyl sites for hydroxylation is 1. The molecule has 1 N–H and O–H groups in total. The summed E-state index contributed by atoms with van der Waals surface area (Å²) in [5.74, 6) is 0.876. The van der Waals surface area contributed by atoms with E-state index in [-0.39, 0.29) is 11.9 Å². The van der Waals surface area contributed by atoms with Gasteiger partial charge in [-0.05, 0) is 18.1 Å². The van der Waals surface area contributed by atoms with Crippen LogP contribution >= 0.6 is 0 Å². The second-order valence-electron chi connectivity index (χ2n) is 4.58. The zero-order chi connectivity index (χ0) is 13.1. The van der Waals surface area contributed by atoms with Gasteiger partial charge in [0.2, 0.25) is 5.91 Å². The van der Waals surface area contributed by atoms with Crippen molar-refractivity contribution in [3.63, 3.8) is 0 Å². The van der Waals surface area contributed by atoms with Crippen LogP contribution in [0.4, 0.5) is 0 Å². The zero-order valence-corrected chi connectivity index (χ0v) is 11.2. The largest absolute Gasteiger partial charge is 0.496 e. The van der Waals surface area contributed by atoms with Crippen molar-refractivity contribution in [1.29, 1.82) is 0 Å². The van der Waals surface area contributed by atoms with Crippen LogP contribution in [0.1, 0.15) is 24.1 Å². The molecule has 4 nitrogen and oxygen atoms in total. The predicted molar refractivity (Wildman–Crippen MR) is 70.8 cm³/mol. The van der Waals surface area contributed by atoms with Crippen LogP contribution in [0.3, 0.4) is 0 Å². The summed E-state index contributed by atoms with van der Waals surface area (Å²) in [6.07, 6.45) is 0.952. The fourth-order valence-electron chi connectivity index (χ4n) is 2.27. The van der Waals surface area contributed by atoms with Crippen molar-refractivity contribution >= 4 is 5.91 Å². The smallest absolute Gasteiger partial charge is 0.244 e. The number of piperazine rings is 1. The van der Waals surface area contributed by atoms with Gasteiger partial charge in [-0.25, -0.2) is 0 Å². The van der Waals surface area contributed by atoms with E-state index in [1.165, 1.54) is 5.56 Å². The number of hydrogen-bond acceptors (Lipinski definition) is 3. The maximum Gasteiger partial charge on any atom is 0.244 e. The van der Waals surface area contributed by atoms with Crippen LogP contribution in [0.2, 0.25) is 0 Å². The summed E-state index contributed by atoms with van der Waals surface area (Å²) in [5, 5.41) is 3.27. The van der Waals surface area contributed by atoms with Gasteiger partial charge in [0, 0.05) is 25.7 Å². The molecule has 1 aliphatic heterocycles. The van der Waals surface area contributed by atoms with E-state index in [1.54, 1.807) is 12.0 Å². The summed E-state index contributed by atoms with van der Waals surface area (Å²) < 4.78 is 5.37. The van der Waals surface area contributed by atoms with Gasteiger partial charge in [0.05, 0.1) is 7.11 Å². The molecule has 1 aliphatic rings. The number of methoxy groups -OCH3 is 1. The number of ether oxygens (including phenoxy) is 1. The van der Waals surface area contributed by atoms with E-state index in [4.69, 9.17) is 4.74 Å². The first-order valence-electron chi connectivity index (χ1n) is 6.32. The van der Waals surface area contributed by atoms with E-state index in [2.05, 4.69) is 18.3 Å². The van der Waals surface area contributed by atoms with E-state index in [1.807, 2.05) is 19.2 Å². The molecule has 1 fully saturated rings. The number of carbonyl (C=O) groups is 1. The number of nitrogens with one attached hydrogen (secondary N) is 1. The molecule has 1 amide bonds. The molecule has 4 heteroatoms. The molecule has 1 saturated heterocycles. The monoisotopic (exact) mass is 248 g/mol. The Hall–Kier alpha value is -1.55. The van der Waals surface area contributed by atoms with Gasteiger partial charge in [0.15, 0.2) is 0 Å². The van der Waals surface area contributed by atoms with Gasteiger partial charge in [0.1, 0.15) is 11.8 Å². The first-order valence-corrected chi connectivity index (χ1v) is 6.32. The molecule has 0 bridgehead atoms. The highest BCUT2D eigenvalue weighted by Gasteiger charge is 2.29.